The third-order valence-corrected chi connectivity index (χ3v) is 5.65. The zero-order chi connectivity index (χ0) is 20.9. The van der Waals surface area contributed by atoms with Gasteiger partial charge in [-0.25, -0.2) is 0 Å². The molecule has 0 saturated carbocycles. The van der Waals surface area contributed by atoms with E-state index in [0.29, 0.717) is 18.9 Å². The first-order valence-corrected chi connectivity index (χ1v) is 11.2. The van der Waals surface area contributed by atoms with Gasteiger partial charge in [0.25, 0.3) is 0 Å². The van der Waals surface area contributed by atoms with E-state index in [9.17, 15) is 4.21 Å². The van der Waals surface area contributed by atoms with E-state index in [1.807, 2.05) is 49.4 Å². The fraction of sp³-hybridized carbons (Fsp3) is 0.409. The molecule has 0 spiro atoms. The molecule has 0 heterocycles. The van der Waals surface area contributed by atoms with Gasteiger partial charge in [-0.15, -0.1) is 0 Å². The Balaban J connectivity index is 1.70. The molecule has 6 nitrogen and oxygen atoms in total. The molecule has 7 heteroatoms. The first-order valence-electron chi connectivity index (χ1n) is 9.85. The standard InChI is InChI=1S/C22H31N3O3S/c1-4-28-21-17-18(12-13-20(21)27-3)9-8-14-24-22(23-2)25-15-16-29(26)19-10-6-5-7-11-19/h5-7,10-13,17H,4,8-9,14-16H2,1-3H3,(H2,23,24,25). The van der Waals surface area contributed by atoms with Gasteiger partial charge >= 0.3 is 0 Å². The first-order chi connectivity index (χ1) is 14.2. The number of nitrogens with one attached hydrogen (secondary N) is 2. The second kappa shape index (κ2) is 12.8. The van der Waals surface area contributed by atoms with E-state index in [2.05, 4.69) is 21.7 Å². The topological polar surface area (TPSA) is 72.0 Å². The normalized spacial score (nSPS) is 12.3. The highest BCUT2D eigenvalue weighted by Gasteiger charge is 2.06. The predicted molar refractivity (Wildman–Crippen MR) is 120 cm³/mol. The number of rotatable bonds is 11. The monoisotopic (exact) mass is 417 g/mol. The van der Waals surface area contributed by atoms with Gasteiger partial charge in [-0.2, -0.15) is 0 Å². The molecule has 29 heavy (non-hydrogen) atoms. The van der Waals surface area contributed by atoms with Crippen molar-refractivity contribution >= 4 is 16.8 Å². The van der Waals surface area contributed by atoms with Gasteiger partial charge in [0, 0.05) is 30.8 Å². The summed E-state index contributed by atoms with van der Waals surface area (Å²) in [7, 11) is 2.38. The lowest BCUT2D eigenvalue weighted by Gasteiger charge is -2.13. The molecule has 0 aliphatic heterocycles. The van der Waals surface area contributed by atoms with E-state index in [0.717, 1.165) is 41.7 Å². The number of hydrogen-bond acceptors (Lipinski definition) is 4. The molecule has 158 valence electrons. The number of hydrogen-bond donors (Lipinski definition) is 2. The maximum atomic E-state index is 12.2. The molecule has 2 aromatic carbocycles. The SMILES string of the molecule is CCOc1cc(CCCNC(=NC)NCCS(=O)c2ccccc2)ccc1OC. The third kappa shape index (κ3) is 7.77. The molecule has 2 N–H and O–H groups in total. The van der Waals surface area contributed by atoms with Crippen LogP contribution in [0.5, 0.6) is 11.5 Å². The Labute approximate surface area is 176 Å². The number of ether oxygens (including phenoxy) is 2. The Morgan fingerprint density at radius 2 is 1.83 bits per heavy atom. The lowest BCUT2D eigenvalue weighted by Crippen LogP contribution is -2.39. The van der Waals surface area contributed by atoms with Crippen molar-refractivity contribution in [2.24, 2.45) is 4.99 Å². The largest absolute Gasteiger partial charge is 0.493 e. The summed E-state index contributed by atoms with van der Waals surface area (Å²) in [5.41, 5.74) is 1.21. The summed E-state index contributed by atoms with van der Waals surface area (Å²) < 4.78 is 23.2. The minimum atomic E-state index is -1.01. The molecule has 1 atom stereocenters. The van der Waals surface area contributed by atoms with Crippen LogP contribution in [0.25, 0.3) is 0 Å². The van der Waals surface area contributed by atoms with Crippen LogP contribution in [-0.2, 0) is 17.2 Å². The molecule has 0 fully saturated rings. The highest BCUT2D eigenvalue weighted by atomic mass is 32.2. The smallest absolute Gasteiger partial charge is 0.191 e. The van der Waals surface area contributed by atoms with Crippen LogP contribution in [0.4, 0.5) is 0 Å². The van der Waals surface area contributed by atoms with Crippen LogP contribution in [0.2, 0.25) is 0 Å². The number of guanidine groups is 1. The summed E-state index contributed by atoms with van der Waals surface area (Å²) in [6, 6.07) is 15.6. The summed E-state index contributed by atoms with van der Waals surface area (Å²) >= 11 is 0. The Hall–Kier alpha value is -2.54. The number of methoxy groups -OCH3 is 1. The molecule has 1 unspecified atom stereocenters. The van der Waals surface area contributed by atoms with Gasteiger partial charge in [0.2, 0.25) is 0 Å². The van der Waals surface area contributed by atoms with E-state index in [1.165, 1.54) is 5.56 Å². The zero-order valence-corrected chi connectivity index (χ0v) is 18.3. The average Bonchev–Trinajstić information content (AvgIpc) is 2.76. The Morgan fingerprint density at radius 3 is 2.52 bits per heavy atom. The van der Waals surface area contributed by atoms with Crippen molar-refractivity contribution in [1.29, 1.82) is 0 Å². The number of nitrogens with zero attached hydrogens (tertiary/aromatic N) is 1. The van der Waals surface area contributed by atoms with E-state index >= 15 is 0 Å². The summed E-state index contributed by atoms with van der Waals surface area (Å²) in [5, 5.41) is 6.52. The maximum Gasteiger partial charge on any atom is 0.191 e. The van der Waals surface area contributed by atoms with Crippen molar-refractivity contribution in [3.05, 3.63) is 54.1 Å². The fourth-order valence-electron chi connectivity index (χ4n) is 2.82. The minimum Gasteiger partial charge on any atom is -0.493 e. The maximum absolute atomic E-state index is 12.2. The first kappa shape index (κ1) is 22.7. The molecule has 0 amide bonds. The van der Waals surface area contributed by atoms with Crippen molar-refractivity contribution in [2.75, 3.05) is 39.6 Å². The third-order valence-electron chi connectivity index (χ3n) is 4.27. The Kier molecular flexibility index (Phi) is 10.1. The van der Waals surface area contributed by atoms with Crippen LogP contribution in [0.15, 0.2) is 58.4 Å². The van der Waals surface area contributed by atoms with Gasteiger partial charge in [-0.1, -0.05) is 24.3 Å². The molecular formula is C22H31N3O3S. The minimum absolute atomic E-state index is 0.538. The van der Waals surface area contributed by atoms with Gasteiger partial charge in [0.15, 0.2) is 17.5 Å². The second-order valence-electron chi connectivity index (χ2n) is 6.31. The van der Waals surface area contributed by atoms with Gasteiger partial charge in [0.05, 0.1) is 24.5 Å². The zero-order valence-electron chi connectivity index (χ0n) is 17.4. The highest BCUT2D eigenvalue weighted by Crippen LogP contribution is 2.28. The van der Waals surface area contributed by atoms with Crippen LogP contribution >= 0.6 is 0 Å². The summed E-state index contributed by atoms with van der Waals surface area (Å²) in [6.45, 7) is 3.96. The van der Waals surface area contributed by atoms with Gasteiger partial charge in [0.1, 0.15) is 0 Å². The van der Waals surface area contributed by atoms with Crippen LogP contribution in [-0.4, -0.2) is 49.8 Å². The molecular weight excluding hydrogens is 386 g/mol. The molecule has 0 aliphatic carbocycles. The van der Waals surface area contributed by atoms with Gasteiger partial charge < -0.3 is 20.1 Å². The predicted octanol–water partition coefficient (Wildman–Crippen LogP) is 3.00. The van der Waals surface area contributed by atoms with Crippen LogP contribution in [0.3, 0.4) is 0 Å². The molecule has 0 bridgehead atoms. The molecule has 0 saturated heterocycles. The Morgan fingerprint density at radius 1 is 1.07 bits per heavy atom. The summed E-state index contributed by atoms with van der Waals surface area (Å²) in [6.07, 6.45) is 1.88. The lowest BCUT2D eigenvalue weighted by molar-refractivity contribution is 0.310. The molecule has 0 aromatic heterocycles. The summed E-state index contributed by atoms with van der Waals surface area (Å²) in [5.74, 6) is 2.80. The summed E-state index contributed by atoms with van der Waals surface area (Å²) in [4.78, 5) is 5.07. The van der Waals surface area contributed by atoms with Crippen molar-refractivity contribution in [3.8, 4) is 11.5 Å². The van der Waals surface area contributed by atoms with Crippen LogP contribution < -0.4 is 20.1 Å². The van der Waals surface area contributed by atoms with Gasteiger partial charge in [-0.3, -0.25) is 9.20 Å². The van der Waals surface area contributed by atoms with Crippen LogP contribution in [0, 0.1) is 0 Å². The van der Waals surface area contributed by atoms with Crippen molar-refractivity contribution in [2.45, 2.75) is 24.7 Å². The Bertz CT molecular complexity index is 797. The highest BCUT2D eigenvalue weighted by molar-refractivity contribution is 7.85. The van der Waals surface area contributed by atoms with Crippen LogP contribution in [0.1, 0.15) is 18.9 Å². The number of aliphatic imine (C=N–C) groups is 1. The van der Waals surface area contributed by atoms with E-state index in [4.69, 9.17) is 9.47 Å². The fourth-order valence-corrected chi connectivity index (χ4v) is 3.80. The van der Waals surface area contributed by atoms with E-state index in [-0.39, 0.29) is 0 Å². The van der Waals surface area contributed by atoms with Gasteiger partial charge in [-0.05, 0) is 49.6 Å². The lowest BCUT2D eigenvalue weighted by atomic mass is 10.1. The van der Waals surface area contributed by atoms with E-state index in [1.54, 1.807) is 14.2 Å². The average molecular weight is 418 g/mol. The number of aryl methyl sites for hydroxylation is 1. The molecule has 0 radical (unpaired) electrons. The van der Waals surface area contributed by atoms with E-state index < -0.39 is 10.8 Å². The number of benzene rings is 2. The van der Waals surface area contributed by atoms with Crippen molar-refractivity contribution < 1.29 is 13.7 Å². The molecule has 2 aromatic rings. The van der Waals surface area contributed by atoms with Crippen molar-refractivity contribution in [3.63, 3.8) is 0 Å². The second-order valence-corrected chi connectivity index (χ2v) is 7.88. The van der Waals surface area contributed by atoms with Crippen molar-refractivity contribution in [1.82, 2.24) is 10.6 Å². The quantitative estimate of drug-likeness (QED) is 0.334. The molecule has 2 rings (SSSR count). The molecule has 0 aliphatic rings.